The number of fused-ring (bicyclic) bond motifs is 11. The first-order valence-electron chi connectivity index (χ1n) is 15.6. The van der Waals surface area contributed by atoms with Crippen LogP contribution >= 0.6 is 0 Å². The Balaban J connectivity index is 1.40. The number of hydrogen-bond donors (Lipinski definition) is 0. The monoisotopic (exact) mass is 586 g/mol. The zero-order valence-electron chi connectivity index (χ0n) is 24.8. The van der Waals surface area contributed by atoms with Gasteiger partial charge in [-0.2, -0.15) is 0 Å². The minimum absolute atomic E-state index is 0.905. The van der Waals surface area contributed by atoms with Crippen LogP contribution < -0.4 is 0 Å². The molecule has 214 valence electrons. The number of rotatable bonds is 3. The second-order valence-electron chi connectivity index (χ2n) is 11.8. The Morgan fingerprint density at radius 3 is 1.80 bits per heavy atom. The van der Waals surface area contributed by atoms with E-state index in [1.165, 1.54) is 48.6 Å². The largest absolute Gasteiger partial charge is 0.308 e. The van der Waals surface area contributed by atoms with Gasteiger partial charge in [0.2, 0.25) is 0 Å². The molecule has 6 aromatic carbocycles. The van der Waals surface area contributed by atoms with Crippen LogP contribution in [0.15, 0.2) is 158 Å². The Bertz CT molecular complexity index is 2790. The lowest BCUT2D eigenvalue weighted by Gasteiger charge is -2.13. The van der Waals surface area contributed by atoms with Crippen LogP contribution in [0.1, 0.15) is 0 Å². The van der Waals surface area contributed by atoms with Crippen LogP contribution in [0.5, 0.6) is 0 Å². The van der Waals surface area contributed by atoms with Gasteiger partial charge in [-0.05, 0) is 64.7 Å². The summed E-state index contributed by atoms with van der Waals surface area (Å²) in [5.74, 6) is 0.905. The van der Waals surface area contributed by atoms with Gasteiger partial charge in [0, 0.05) is 50.6 Å². The number of hydrogen-bond acceptors (Lipinski definition) is 2. The fourth-order valence-corrected chi connectivity index (χ4v) is 7.47. The van der Waals surface area contributed by atoms with Gasteiger partial charge in [0.25, 0.3) is 0 Å². The number of para-hydroxylation sites is 1. The van der Waals surface area contributed by atoms with Crippen LogP contribution in [-0.2, 0) is 0 Å². The molecule has 4 heteroatoms. The molecular weight excluding hydrogens is 560 g/mol. The molecule has 0 saturated heterocycles. The maximum absolute atomic E-state index is 4.78. The van der Waals surface area contributed by atoms with Gasteiger partial charge in [-0.1, -0.05) is 97.1 Å². The molecule has 46 heavy (non-hydrogen) atoms. The van der Waals surface area contributed by atoms with Gasteiger partial charge in [-0.25, -0.2) is 4.98 Å². The van der Waals surface area contributed by atoms with Crippen molar-refractivity contribution < 1.29 is 0 Å². The molecule has 0 aliphatic rings. The average Bonchev–Trinajstić information content (AvgIpc) is 3.65. The molecule has 0 fully saturated rings. The first-order chi connectivity index (χ1) is 22.8. The molecule has 0 aliphatic heterocycles. The summed E-state index contributed by atoms with van der Waals surface area (Å²) in [4.78, 5) is 9.49. The first-order valence-corrected chi connectivity index (χ1v) is 15.6. The van der Waals surface area contributed by atoms with Crippen LogP contribution in [0, 0.1) is 0 Å². The Kier molecular flexibility index (Phi) is 5.25. The van der Waals surface area contributed by atoms with Gasteiger partial charge in [0.1, 0.15) is 5.82 Å². The average molecular weight is 587 g/mol. The molecule has 0 amide bonds. The van der Waals surface area contributed by atoms with Gasteiger partial charge in [-0.15, -0.1) is 0 Å². The second kappa shape index (κ2) is 9.62. The van der Waals surface area contributed by atoms with Gasteiger partial charge in [-0.3, -0.25) is 9.55 Å². The Morgan fingerprint density at radius 2 is 1.02 bits per heavy atom. The zero-order chi connectivity index (χ0) is 30.2. The highest BCUT2D eigenvalue weighted by molar-refractivity contribution is 6.32. The zero-order valence-corrected chi connectivity index (χ0v) is 24.8. The summed E-state index contributed by atoms with van der Waals surface area (Å²) < 4.78 is 4.75. The van der Waals surface area contributed by atoms with Crippen LogP contribution in [0.25, 0.3) is 87.9 Å². The Morgan fingerprint density at radius 1 is 0.391 bits per heavy atom. The van der Waals surface area contributed by atoms with Gasteiger partial charge >= 0.3 is 0 Å². The fourth-order valence-electron chi connectivity index (χ4n) is 7.47. The molecule has 4 heterocycles. The van der Waals surface area contributed by atoms with E-state index in [-0.39, 0.29) is 0 Å². The highest BCUT2D eigenvalue weighted by atomic mass is 15.1. The van der Waals surface area contributed by atoms with E-state index >= 15 is 0 Å². The predicted octanol–water partition coefficient (Wildman–Crippen LogP) is 10.6. The lowest BCUT2D eigenvalue weighted by atomic mass is 9.96. The third kappa shape index (κ3) is 3.49. The summed E-state index contributed by atoms with van der Waals surface area (Å²) in [6, 6.07) is 52.1. The van der Waals surface area contributed by atoms with Gasteiger partial charge in [0.15, 0.2) is 0 Å². The highest BCUT2D eigenvalue weighted by Gasteiger charge is 2.21. The molecule has 4 nitrogen and oxygen atoms in total. The molecule has 10 rings (SSSR count). The third-order valence-electron chi connectivity index (χ3n) is 9.39. The van der Waals surface area contributed by atoms with E-state index in [2.05, 4.69) is 137 Å². The quantitative estimate of drug-likeness (QED) is 0.193. The van der Waals surface area contributed by atoms with E-state index < -0.39 is 0 Å². The van der Waals surface area contributed by atoms with Crippen molar-refractivity contribution in [2.45, 2.75) is 0 Å². The van der Waals surface area contributed by atoms with Crippen molar-refractivity contribution in [1.82, 2.24) is 19.1 Å². The van der Waals surface area contributed by atoms with E-state index in [0.29, 0.717) is 0 Å². The molecule has 0 saturated carbocycles. The topological polar surface area (TPSA) is 35.6 Å². The van der Waals surface area contributed by atoms with E-state index in [4.69, 9.17) is 9.97 Å². The molecule has 4 aromatic heterocycles. The summed E-state index contributed by atoms with van der Waals surface area (Å²) in [6.07, 6.45) is 3.73. The number of aromatic nitrogens is 4. The van der Waals surface area contributed by atoms with Gasteiger partial charge < -0.3 is 4.57 Å². The molecule has 10 aromatic rings. The lowest BCUT2D eigenvalue weighted by molar-refractivity contribution is 1.08. The standard InChI is InChI=1S/C42H26N4/c1-3-14-33-29(11-1)30-12-2-4-15-34(30)42-41(33)35-21-19-27(36-16-7-9-23-43-36)25-38(35)45(42)28-20-22-32-31-13-5-6-17-37(31)46(39(32)26-28)40-18-8-10-24-44-40/h1-26H. The summed E-state index contributed by atoms with van der Waals surface area (Å²) >= 11 is 0. The number of nitrogens with zero attached hydrogens (tertiary/aromatic N) is 4. The van der Waals surface area contributed by atoms with Crippen molar-refractivity contribution in [2.75, 3.05) is 0 Å². The van der Waals surface area contributed by atoms with Crippen molar-refractivity contribution in [3.8, 4) is 22.8 Å². The highest BCUT2D eigenvalue weighted by Crippen LogP contribution is 2.44. The number of benzene rings is 6. The summed E-state index contributed by atoms with van der Waals surface area (Å²) in [5, 5.41) is 9.92. The molecule has 0 unspecified atom stereocenters. The van der Waals surface area contributed by atoms with E-state index in [9.17, 15) is 0 Å². The van der Waals surface area contributed by atoms with Crippen LogP contribution in [0.2, 0.25) is 0 Å². The van der Waals surface area contributed by atoms with Gasteiger partial charge in [0.05, 0.1) is 27.8 Å². The minimum atomic E-state index is 0.905. The van der Waals surface area contributed by atoms with Crippen LogP contribution in [0.4, 0.5) is 0 Å². The van der Waals surface area contributed by atoms with Crippen molar-refractivity contribution >= 4 is 65.2 Å². The lowest BCUT2D eigenvalue weighted by Crippen LogP contribution is -1.99. The summed E-state index contributed by atoms with van der Waals surface area (Å²) in [6.45, 7) is 0. The predicted molar refractivity (Wildman–Crippen MR) is 191 cm³/mol. The first kappa shape index (κ1) is 25.1. The maximum Gasteiger partial charge on any atom is 0.137 e. The molecule has 0 radical (unpaired) electrons. The van der Waals surface area contributed by atoms with Crippen molar-refractivity contribution in [1.29, 1.82) is 0 Å². The van der Waals surface area contributed by atoms with E-state index in [0.717, 1.165) is 39.3 Å². The second-order valence-corrected chi connectivity index (χ2v) is 11.8. The summed E-state index contributed by atoms with van der Waals surface area (Å²) in [7, 11) is 0. The molecule has 0 atom stereocenters. The molecular formula is C42H26N4. The van der Waals surface area contributed by atoms with Crippen molar-refractivity contribution in [3.05, 3.63) is 158 Å². The fraction of sp³-hybridized carbons (Fsp3) is 0. The smallest absolute Gasteiger partial charge is 0.137 e. The molecule has 0 N–H and O–H groups in total. The minimum Gasteiger partial charge on any atom is -0.308 e. The Hall–Kier alpha value is -6.26. The SMILES string of the molecule is c1ccc(-c2ccc3c4c5ccccc5c5ccccc5c4n(-c4ccc5c6ccccc6n(-c6ccccn6)c5c4)c3c2)nc1. The van der Waals surface area contributed by atoms with Crippen LogP contribution in [0.3, 0.4) is 0 Å². The van der Waals surface area contributed by atoms with E-state index in [1.54, 1.807) is 0 Å². The normalized spacial score (nSPS) is 11.9. The van der Waals surface area contributed by atoms with Crippen LogP contribution in [-0.4, -0.2) is 19.1 Å². The summed E-state index contributed by atoms with van der Waals surface area (Å²) in [5.41, 5.74) is 7.78. The van der Waals surface area contributed by atoms with E-state index in [1.807, 2.05) is 30.6 Å². The van der Waals surface area contributed by atoms with Crippen molar-refractivity contribution in [3.63, 3.8) is 0 Å². The maximum atomic E-state index is 4.78. The molecule has 0 spiro atoms. The Labute approximate surface area is 264 Å². The van der Waals surface area contributed by atoms with Crippen molar-refractivity contribution in [2.24, 2.45) is 0 Å². The molecule has 0 aliphatic carbocycles. The molecule has 0 bridgehead atoms. The number of pyridine rings is 2. The third-order valence-corrected chi connectivity index (χ3v) is 9.39.